The molecule has 27 heavy (non-hydrogen) atoms. The number of fused-ring (bicyclic) bond motifs is 1. The van der Waals surface area contributed by atoms with Gasteiger partial charge >= 0.3 is 5.97 Å². The Labute approximate surface area is 167 Å². The van der Waals surface area contributed by atoms with Gasteiger partial charge in [-0.15, -0.1) is 0 Å². The molecule has 0 saturated carbocycles. The minimum atomic E-state index is -0.646. The number of hydrogen-bond acceptors (Lipinski definition) is 4. The van der Waals surface area contributed by atoms with E-state index in [1.54, 1.807) is 25.1 Å². The summed E-state index contributed by atoms with van der Waals surface area (Å²) in [6.07, 6.45) is 0. The van der Waals surface area contributed by atoms with Crippen LogP contribution in [0.3, 0.4) is 0 Å². The summed E-state index contributed by atoms with van der Waals surface area (Å²) < 4.78 is 21.2. The number of nitrogens with zero attached hydrogens (tertiary/aromatic N) is 2. The molecule has 0 spiro atoms. The molecular formula is C18H13Cl2FN2O3S. The Kier molecular flexibility index (Phi) is 5.94. The van der Waals surface area contributed by atoms with Gasteiger partial charge in [0.1, 0.15) is 12.4 Å². The molecule has 9 heteroatoms. The Morgan fingerprint density at radius 1 is 1.26 bits per heavy atom. The zero-order valence-corrected chi connectivity index (χ0v) is 16.4. The van der Waals surface area contributed by atoms with E-state index in [9.17, 15) is 14.0 Å². The van der Waals surface area contributed by atoms with Gasteiger partial charge in [-0.1, -0.05) is 40.6 Å². The molecule has 0 atom stereocenters. The minimum Gasteiger partial charge on any atom is -0.465 e. The Bertz CT molecular complexity index is 1110. The maximum atomic E-state index is 14.3. The van der Waals surface area contributed by atoms with Gasteiger partial charge in [0.15, 0.2) is 4.80 Å². The summed E-state index contributed by atoms with van der Waals surface area (Å²) in [5.74, 6) is -1.73. The molecule has 0 aliphatic rings. The smallest absolute Gasteiger partial charge is 0.326 e. The molecule has 1 amide bonds. The van der Waals surface area contributed by atoms with E-state index < -0.39 is 17.7 Å². The molecule has 1 aromatic heterocycles. The van der Waals surface area contributed by atoms with Gasteiger partial charge in [0, 0.05) is 5.02 Å². The summed E-state index contributed by atoms with van der Waals surface area (Å²) in [6.45, 7) is 1.59. The molecular weight excluding hydrogens is 414 g/mol. The third-order valence-electron chi connectivity index (χ3n) is 3.60. The molecule has 3 aromatic rings. The lowest BCUT2D eigenvalue weighted by Crippen LogP contribution is -2.23. The Morgan fingerprint density at radius 2 is 2.04 bits per heavy atom. The Morgan fingerprint density at radius 3 is 2.78 bits per heavy atom. The van der Waals surface area contributed by atoms with Gasteiger partial charge in [0.05, 0.1) is 27.4 Å². The SMILES string of the molecule is CCOC(=O)Cn1c(=NC(=O)c2cc(Cl)ccc2Cl)sc2cccc(F)c21. The number of rotatable bonds is 4. The molecule has 3 rings (SSSR count). The number of hydrogen-bond donors (Lipinski definition) is 0. The molecule has 0 aliphatic carbocycles. The topological polar surface area (TPSA) is 60.7 Å². The standard InChI is InChI=1S/C18H13Cl2FN2O3S/c1-2-26-15(24)9-23-16-13(21)4-3-5-14(16)27-18(23)22-17(25)11-8-10(19)6-7-12(11)20/h3-8H,2,9H2,1H3. The first kappa shape index (κ1) is 19.5. The molecule has 0 saturated heterocycles. The predicted octanol–water partition coefficient (Wildman–Crippen LogP) is 4.45. The highest BCUT2D eigenvalue weighted by molar-refractivity contribution is 7.16. The van der Waals surface area contributed by atoms with Gasteiger partial charge in [-0.05, 0) is 37.3 Å². The van der Waals surface area contributed by atoms with Crippen LogP contribution in [0.2, 0.25) is 10.0 Å². The summed E-state index contributed by atoms with van der Waals surface area (Å²) in [5.41, 5.74) is 0.295. The normalized spacial score (nSPS) is 11.8. The van der Waals surface area contributed by atoms with Crippen molar-refractivity contribution < 1.29 is 18.7 Å². The van der Waals surface area contributed by atoms with Crippen LogP contribution < -0.4 is 4.80 Å². The summed E-state index contributed by atoms with van der Waals surface area (Å²) in [6, 6.07) is 8.94. The van der Waals surface area contributed by atoms with Gasteiger partial charge in [0.25, 0.3) is 5.91 Å². The van der Waals surface area contributed by atoms with E-state index in [1.807, 2.05) is 0 Å². The summed E-state index contributed by atoms with van der Waals surface area (Å²) in [4.78, 5) is 28.7. The van der Waals surface area contributed by atoms with E-state index in [1.165, 1.54) is 22.8 Å². The number of esters is 1. The van der Waals surface area contributed by atoms with Gasteiger partial charge in [-0.3, -0.25) is 9.59 Å². The van der Waals surface area contributed by atoms with Crippen molar-refractivity contribution in [3.8, 4) is 0 Å². The molecule has 2 aromatic carbocycles. The highest BCUT2D eigenvalue weighted by atomic mass is 35.5. The molecule has 0 radical (unpaired) electrons. The van der Waals surface area contributed by atoms with Crippen molar-refractivity contribution >= 4 is 56.6 Å². The zero-order chi connectivity index (χ0) is 19.6. The number of thiazole rings is 1. The number of carbonyl (C=O) groups is 2. The highest BCUT2D eigenvalue weighted by Gasteiger charge is 2.16. The largest absolute Gasteiger partial charge is 0.465 e. The van der Waals surface area contributed by atoms with E-state index in [0.29, 0.717) is 9.72 Å². The van der Waals surface area contributed by atoms with Crippen LogP contribution in [0.4, 0.5) is 4.39 Å². The number of carbonyl (C=O) groups excluding carboxylic acids is 2. The minimum absolute atomic E-state index is 0.116. The number of halogens is 3. The summed E-state index contributed by atoms with van der Waals surface area (Å²) in [7, 11) is 0. The van der Waals surface area contributed by atoms with Crippen molar-refractivity contribution in [1.82, 2.24) is 4.57 Å². The fraction of sp³-hybridized carbons (Fsp3) is 0.167. The van der Waals surface area contributed by atoms with Gasteiger partial charge in [-0.25, -0.2) is 4.39 Å². The second kappa shape index (κ2) is 8.21. The van der Waals surface area contributed by atoms with Gasteiger partial charge in [0.2, 0.25) is 0 Å². The van der Waals surface area contributed by atoms with Crippen LogP contribution in [0.25, 0.3) is 10.2 Å². The van der Waals surface area contributed by atoms with Crippen LogP contribution >= 0.6 is 34.5 Å². The van der Waals surface area contributed by atoms with Crippen LogP contribution in [0.5, 0.6) is 0 Å². The quantitative estimate of drug-likeness (QED) is 0.578. The van der Waals surface area contributed by atoms with E-state index in [-0.39, 0.29) is 34.1 Å². The third kappa shape index (κ3) is 4.21. The molecule has 0 N–H and O–H groups in total. The molecule has 0 aliphatic heterocycles. The lowest BCUT2D eigenvalue weighted by Gasteiger charge is -2.06. The Hall–Kier alpha value is -2.22. The number of amides is 1. The average molecular weight is 427 g/mol. The van der Waals surface area contributed by atoms with E-state index in [0.717, 1.165) is 11.3 Å². The third-order valence-corrected chi connectivity index (χ3v) is 5.21. The average Bonchev–Trinajstić information content (AvgIpc) is 2.95. The van der Waals surface area contributed by atoms with Crippen molar-refractivity contribution in [2.75, 3.05) is 6.61 Å². The molecule has 0 bridgehead atoms. The van der Waals surface area contributed by atoms with Crippen molar-refractivity contribution in [2.45, 2.75) is 13.5 Å². The van der Waals surface area contributed by atoms with Crippen LogP contribution in [0.1, 0.15) is 17.3 Å². The molecule has 1 heterocycles. The van der Waals surface area contributed by atoms with Crippen LogP contribution in [-0.2, 0) is 16.1 Å². The van der Waals surface area contributed by atoms with E-state index >= 15 is 0 Å². The lowest BCUT2D eigenvalue weighted by atomic mass is 10.2. The highest BCUT2D eigenvalue weighted by Crippen LogP contribution is 2.23. The van der Waals surface area contributed by atoms with Crippen LogP contribution in [0, 0.1) is 5.82 Å². The fourth-order valence-corrected chi connectivity index (χ4v) is 3.88. The van der Waals surface area contributed by atoms with Crippen molar-refractivity contribution in [3.63, 3.8) is 0 Å². The van der Waals surface area contributed by atoms with Gasteiger partial charge in [-0.2, -0.15) is 4.99 Å². The number of para-hydroxylation sites is 1. The lowest BCUT2D eigenvalue weighted by molar-refractivity contribution is -0.143. The first-order valence-corrected chi connectivity index (χ1v) is 9.45. The first-order chi connectivity index (χ1) is 12.9. The van der Waals surface area contributed by atoms with Crippen molar-refractivity contribution in [1.29, 1.82) is 0 Å². The monoisotopic (exact) mass is 426 g/mol. The van der Waals surface area contributed by atoms with Crippen molar-refractivity contribution in [2.24, 2.45) is 4.99 Å². The van der Waals surface area contributed by atoms with E-state index in [4.69, 9.17) is 27.9 Å². The molecule has 0 fully saturated rings. The van der Waals surface area contributed by atoms with Crippen molar-refractivity contribution in [3.05, 3.63) is 62.6 Å². The second-order valence-electron chi connectivity index (χ2n) is 5.40. The molecule has 0 unspecified atom stereocenters. The van der Waals surface area contributed by atoms with E-state index in [2.05, 4.69) is 4.99 Å². The maximum absolute atomic E-state index is 14.3. The first-order valence-electron chi connectivity index (χ1n) is 7.88. The molecule has 140 valence electrons. The number of ether oxygens (including phenoxy) is 1. The summed E-state index contributed by atoms with van der Waals surface area (Å²) in [5, 5.41) is 0.525. The molecule has 5 nitrogen and oxygen atoms in total. The number of aromatic nitrogens is 1. The van der Waals surface area contributed by atoms with Crippen LogP contribution in [0.15, 0.2) is 41.4 Å². The maximum Gasteiger partial charge on any atom is 0.326 e. The zero-order valence-electron chi connectivity index (χ0n) is 14.0. The van der Waals surface area contributed by atoms with Crippen LogP contribution in [-0.4, -0.2) is 23.1 Å². The predicted molar refractivity (Wildman–Crippen MR) is 103 cm³/mol. The summed E-state index contributed by atoms with van der Waals surface area (Å²) >= 11 is 13.1. The fourth-order valence-electron chi connectivity index (χ4n) is 2.46. The Balaban J connectivity index is 2.16. The second-order valence-corrected chi connectivity index (χ2v) is 7.26. The van der Waals surface area contributed by atoms with Gasteiger partial charge < -0.3 is 9.30 Å². The number of benzene rings is 2.